The molecule has 0 aromatic rings. The minimum Gasteiger partial charge on any atom is -0.341 e. The van der Waals surface area contributed by atoms with E-state index in [2.05, 4.69) is 9.80 Å². The molecule has 5 nitrogen and oxygen atoms in total. The molecule has 0 aliphatic carbocycles. The van der Waals surface area contributed by atoms with Gasteiger partial charge in [0.25, 0.3) is 0 Å². The second-order valence-electron chi connectivity index (χ2n) is 5.43. The Morgan fingerprint density at radius 3 is 1.61 bits per heavy atom. The van der Waals surface area contributed by atoms with E-state index in [1.807, 2.05) is 33.1 Å². The third-order valence-electron chi connectivity index (χ3n) is 2.77. The molecule has 0 aromatic carbocycles. The molecule has 0 heterocycles. The molecule has 0 aromatic heterocycles. The van der Waals surface area contributed by atoms with Gasteiger partial charge in [0.2, 0.25) is 5.91 Å². The standard InChI is InChI=1S/C13H30N4O/c1-12(14)13(18)17(10-6-8-15(2)3)11-7-9-16(4)5/h12H,6-11,14H2,1-5H3/t12-/m0/s1. The zero-order valence-electron chi connectivity index (χ0n) is 12.6. The number of hydrogen-bond acceptors (Lipinski definition) is 4. The zero-order valence-corrected chi connectivity index (χ0v) is 12.6. The van der Waals surface area contributed by atoms with Crippen LogP contribution in [0.5, 0.6) is 0 Å². The van der Waals surface area contributed by atoms with Crippen molar-refractivity contribution in [2.45, 2.75) is 25.8 Å². The fourth-order valence-electron chi connectivity index (χ4n) is 1.78. The quantitative estimate of drug-likeness (QED) is 0.636. The van der Waals surface area contributed by atoms with Crippen LogP contribution in [-0.2, 0) is 4.79 Å². The second-order valence-corrected chi connectivity index (χ2v) is 5.43. The van der Waals surface area contributed by atoms with E-state index in [-0.39, 0.29) is 5.91 Å². The molecule has 0 fully saturated rings. The Morgan fingerprint density at radius 1 is 0.944 bits per heavy atom. The lowest BCUT2D eigenvalue weighted by molar-refractivity contribution is -0.132. The van der Waals surface area contributed by atoms with E-state index in [1.165, 1.54) is 0 Å². The van der Waals surface area contributed by atoms with E-state index in [0.29, 0.717) is 0 Å². The van der Waals surface area contributed by atoms with Crippen LogP contribution < -0.4 is 5.73 Å². The van der Waals surface area contributed by atoms with Gasteiger partial charge >= 0.3 is 0 Å². The summed E-state index contributed by atoms with van der Waals surface area (Å²) in [6, 6.07) is -0.399. The highest BCUT2D eigenvalue weighted by Gasteiger charge is 2.16. The molecule has 5 heteroatoms. The van der Waals surface area contributed by atoms with Gasteiger partial charge in [-0.15, -0.1) is 0 Å². The van der Waals surface area contributed by atoms with Gasteiger partial charge in [-0.25, -0.2) is 0 Å². The number of hydrogen-bond donors (Lipinski definition) is 1. The molecule has 1 amide bonds. The molecular weight excluding hydrogens is 228 g/mol. The fraction of sp³-hybridized carbons (Fsp3) is 0.923. The maximum Gasteiger partial charge on any atom is 0.239 e. The molecular formula is C13H30N4O. The van der Waals surface area contributed by atoms with Crippen LogP contribution in [0.2, 0.25) is 0 Å². The van der Waals surface area contributed by atoms with E-state index in [4.69, 9.17) is 5.73 Å². The first kappa shape index (κ1) is 17.4. The molecule has 0 saturated carbocycles. The van der Waals surface area contributed by atoms with E-state index in [1.54, 1.807) is 6.92 Å². The summed E-state index contributed by atoms with van der Waals surface area (Å²) >= 11 is 0. The summed E-state index contributed by atoms with van der Waals surface area (Å²) in [6.45, 7) is 5.35. The predicted molar refractivity (Wildman–Crippen MR) is 76.6 cm³/mol. The topological polar surface area (TPSA) is 52.8 Å². The molecule has 0 aliphatic rings. The summed E-state index contributed by atoms with van der Waals surface area (Å²) in [7, 11) is 8.18. The molecule has 0 radical (unpaired) electrons. The number of nitrogens with two attached hydrogens (primary N) is 1. The highest BCUT2D eigenvalue weighted by atomic mass is 16.2. The summed E-state index contributed by atoms with van der Waals surface area (Å²) in [4.78, 5) is 18.1. The normalized spacial score (nSPS) is 13.1. The lowest BCUT2D eigenvalue weighted by Gasteiger charge is -2.25. The minimum atomic E-state index is -0.399. The van der Waals surface area contributed by atoms with Crippen molar-refractivity contribution in [2.75, 3.05) is 54.4 Å². The Balaban J connectivity index is 4.12. The Labute approximate surface area is 112 Å². The van der Waals surface area contributed by atoms with Crippen LogP contribution in [0.4, 0.5) is 0 Å². The van der Waals surface area contributed by atoms with Gasteiger partial charge in [0, 0.05) is 13.1 Å². The van der Waals surface area contributed by atoms with Crippen molar-refractivity contribution in [1.82, 2.24) is 14.7 Å². The molecule has 1 atom stereocenters. The average Bonchev–Trinajstić information content (AvgIpc) is 2.25. The molecule has 0 bridgehead atoms. The smallest absolute Gasteiger partial charge is 0.239 e. The summed E-state index contributed by atoms with van der Waals surface area (Å²) < 4.78 is 0. The molecule has 2 N–H and O–H groups in total. The SMILES string of the molecule is C[C@H](N)C(=O)N(CCCN(C)C)CCCN(C)C. The van der Waals surface area contributed by atoms with Gasteiger partial charge in [-0.05, 0) is 61.0 Å². The van der Waals surface area contributed by atoms with Gasteiger partial charge in [-0.3, -0.25) is 4.79 Å². The van der Waals surface area contributed by atoms with Crippen LogP contribution in [0, 0.1) is 0 Å². The van der Waals surface area contributed by atoms with Gasteiger partial charge in [0.1, 0.15) is 0 Å². The van der Waals surface area contributed by atoms with Crippen molar-refractivity contribution in [3.63, 3.8) is 0 Å². The first-order valence-electron chi connectivity index (χ1n) is 6.68. The van der Waals surface area contributed by atoms with Gasteiger partial charge in [0.15, 0.2) is 0 Å². The van der Waals surface area contributed by atoms with E-state index >= 15 is 0 Å². The first-order valence-corrected chi connectivity index (χ1v) is 6.68. The van der Waals surface area contributed by atoms with Crippen LogP contribution in [0.25, 0.3) is 0 Å². The maximum atomic E-state index is 12.0. The van der Waals surface area contributed by atoms with Crippen LogP contribution in [0.1, 0.15) is 19.8 Å². The Morgan fingerprint density at radius 2 is 1.33 bits per heavy atom. The molecule has 0 aliphatic heterocycles. The van der Waals surface area contributed by atoms with Crippen molar-refractivity contribution in [3.05, 3.63) is 0 Å². The van der Waals surface area contributed by atoms with E-state index < -0.39 is 6.04 Å². The van der Waals surface area contributed by atoms with Gasteiger partial charge in [0.05, 0.1) is 6.04 Å². The van der Waals surface area contributed by atoms with Crippen molar-refractivity contribution in [2.24, 2.45) is 5.73 Å². The Hall–Kier alpha value is -0.650. The summed E-state index contributed by atoms with van der Waals surface area (Å²) in [5.41, 5.74) is 5.69. The molecule has 0 saturated heterocycles. The highest BCUT2D eigenvalue weighted by Crippen LogP contribution is 1.99. The zero-order chi connectivity index (χ0) is 14.1. The van der Waals surface area contributed by atoms with Crippen LogP contribution in [0.15, 0.2) is 0 Å². The van der Waals surface area contributed by atoms with Crippen molar-refractivity contribution in [3.8, 4) is 0 Å². The van der Waals surface area contributed by atoms with Gasteiger partial charge < -0.3 is 20.4 Å². The minimum absolute atomic E-state index is 0.0625. The third-order valence-corrected chi connectivity index (χ3v) is 2.77. The second kappa shape index (κ2) is 9.30. The number of amides is 1. The van der Waals surface area contributed by atoms with Crippen molar-refractivity contribution >= 4 is 5.91 Å². The number of carbonyl (C=O) groups is 1. The van der Waals surface area contributed by atoms with Crippen molar-refractivity contribution < 1.29 is 4.79 Å². The predicted octanol–water partition coefficient (Wildman–Crippen LogP) is 0.0656. The summed E-state index contributed by atoms with van der Waals surface area (Å²) in [6.07, 6.45) is 1.99. The monoisotopic (exact) mass is 258 g/mol. The Bertz CT molecular complexity index is 215. The van der Waals surface area contributed by atoms with Gasteiger partial charge in [-0.2, -0.15) is 0 Å². The van der Waals surface area contributed by atoms with Crippen LogP contribution >= 0.6 is 0 Å². The number of carbonyl (C=O) groups excluding carboxylic acids is 1. The largest absolute Gasteiger partial charge is 0.341 e. The highest BCUT2D eigenvalue weighted by molar-refractivity contribution is 5.81. The average molecular weight is 258 g/mol. The van der Waals surface area contributed by atoms with Crippen LogP contribution in [-0.4, -0.2) is 81.0 Å². The lowest BCUT2D eigenvalue weighted by Crippen LogP contribution is -2.44. The fourth-order valence-corrected chi connectivity index (χ4v) is 1.78. The molecule has 0 spiro atoms. The summed E-state index contributed by atoms with van der Waals surface area (Å²) in [5, 5.41) is 0. The van der Waals surface area contributed by atoms with E-state index in [0.717, 1.165) is 39.0 Å². The number of rotatable bonds is 9. The van der Waals surface area contributed by atoms with Crippen molar-refractivity contribution in [1.29, 1.82) is 0 Å². The Kier molecular flexibility index (Phi) is 8.97. The van der Waals surface area contributed by atoms with Crippen LogP contribution in [0.3, 0.4) is 0 Å². The molecule has 0 unspecified atom stereocenters. The molecule has 108 valence electrons. The lowest BCUT2D eigenvalue weighted by atomic mass is 10.2. The molecule has 0 rings (SSSR count). The maximum absolute atomic E-state index is 12.0. The van der Waals surface area contributed by atoms with Gasteiger partial charge in [-0.1, -0.05) is 0 Å². The first-order chi connectivity index (χ1) is 8.34. The number of nitrogens with zero attached hydrogens (tertiary/aromatic N) is 3. The summed E-state index contributed by atoms with van der Waals surface area (Å²) in [5.74, 6) is 0.0625. The van der Waals surface area contributed by atoms with E-state index in [9.17, 15) is 4.79 Å². The molecule has 18 heavy (non-hydrogen) atoms. The third kappa shape index (κ3) is 8.44.